The average Bonchev–Trinajstić information content (AvgIpc) is 3.73. The van der Waals surface area contributed by atoms with E-state index in [0.717, 1.165) is 73.9 Å². The molecule has 234 valence electrons. The lowest BCUT2D eigenvalue weighted by Crippen LogP contribution is -2.09. The Morgan fingerprint density at radius 3 is 2.20 bits per heavy atom. The van der Waals surface area contributed by atoms with Gasteiger partial charge in [-0.15, -0.1) is 0 Å². The van der Waals surface area contributed by atoms with Crippen molar-refractivity contribution in [2.75, 3.05) is 0 Å². The summed E-state index contributed by atoms with van der Waals surface area (Å²) in [6.07, 6.45) is 6.31. The molecule has 7 aromatic carbocycles. The molecule has 1 aliphatic carbocycles. The summed E-state index contributed by atoms with van der Waals surface area (Å²) in [5.74, 6) is 0.686. The molecule has 0 aliphatic heterocycles. The molecule has 0 spiro atoms. The topological polar surface area (TPSA) is 43.9 Å². The molecule has 0 N–H and O–H groups in total. The number of para-hydroxylation sites is 1. The molecule has 1 aliphatic rings. The van der Waals surface area contributed by atoms with Crippen LogP contribution in [-0.4, -0.2) is 14.5 Å². The first-order valence-electron chi connectivity index (χ1n) is 17.2. The van der Waals surface area contributed by atoms with E-state index in [1.807, 2.05) is 6.07 Å². The van der Waals surface area contributed by atoms with Gasteiger partial charge in [0.2, 0.25) is 5.95 Å². The van der Waals surface area contributed by atoms with Crippen LogP contribution in [0.4, 0.5) is 0 Å². The van der Waals surface area contributed by atoms with Crippen LogP contribution in [0.3, 0.4) is 0 Å². The summed E-state index contributed by atoms with van der Waals surface area (Å²) < 4.78 is 8.73. The zero-order chi connectivity index (χ0) is 32.8. The number of benzene rings is 7. The highest BCUT2D eigenvalue weighted by Crippen LogP contribution is 2.43. The Labute approximate surface area is 287 Å². The first-order chi connectivity index (χ1) is 24.8. The summed E-state index contributed by atoms with van der Waals surface area (Å²) in [4.78, 5) is 10.6. The molecule has 0 radical (unpaired) electrons. The predicted molar refractivity (Wildman–Crippen MR) is 207 cm³/mol. The number of aromatic nitrogens is 3. The first-order valence-corrected chi connectivity index (χ1v) is 17.2. The molecule has 0 bridgehead atoms. The number of allylic oxidation sites excluding steroid dienone is 1. The van der Waals surface area contributed by atoms with Crippen LogP contribution in [0, 0.1) is 0 Å². The van der Waals surface area contributed by atoms with Gasteiger partial charge in [0, 0.05) is 32.7 Å². The van der Waals surface area contributed by atoms with Gasteiger partial charge in [0.1, 0.15) is 11.2 Å². The fourth-order valence-electron chi connectivity index (χ4n) is 8.23. The Bertz CT molecular complexity index is 3040. The average molecular weight is 640 g/mol. The Morgan fingerprint density at radius 1 is 0.540 bits per heavy atom. The highest BCUT2D eigenvalue weighted by molar-refractivity contribution is 6.24. The minimum atomic E-state index is 0.686. The second-order valence-corrected chi connectivity index (χ2v) is 13.2. The number of fused-ring (bicyclic) bond motifs is 11. The van der Waals surface area contributed by atoms with Crippen molar-refractivity contribution in [2.24, 2.45) is 0 Å². The third-order valence-electron chi connectivity index (χ3n) is 10.5. The Kier molecular flexibility index (Phi) is 5.75. The molecule has 0 saturated heterocycles. The molecule has 0 fully saturated rings. The molecule has 0 saturated carbocycles. The predicted octanol–water partition coefficient (Wildman–Crippen LogP) is 12.1. The molecule has 3 aromatic heterocycles. The highest BCUT2D eigenvalue weighted by Gasteiger charge is 2.22. The van der Waals surface area contributed by atoms with Crippen LogP contribution in [0.25, 0.3) is 99.7 Å². The molecular formula is C46H29N3O. The van der Waals surface area contributed by atoms with Crippen molar-refractivity contribution in [1.82, 2.24) is 14.5 Å². The molecule has 0 amide bonds. The van der Waals surface area contributed by atoms with E-state index in [-0.39, 0.29) is 0 Å². The van der Waals surface area contributed by atoms with Gasteiger partial charge in [-0.25, -0.2) is 9.97 Å². The lowest BCUT2D eigenvalue weighted by Gasteiger charge is -2.17. The lowest BCUT2D eigenvalue weighted by molar-refractivity contribution is 0.669. The zero-order valence-electron chi connectivity index (χ0n) is 27.1. The monoisotopic (exact) mass is 639 g/mol. The quantitative estimate of drug-likeness (QED) is 0.193. The van der Waals surface area contributed by atoms with Crippen molar-refractivity contribution < 1.29 is 4.42 Å². The Balaban J connectivity index is 1.23. The van der Waals surface area contributed by atoms with Gasteiger partial charge in [0.25, 0.3) is 0 Å². The van der Waals surface area contributed by atoms with Crippen molar-refractivity contribution in [1.29, 1.82) is 0 Å². The van der Waals surface area contributed by atoms with Gasteiger partial charge in [-0.3, -0.25) is 4.57 Å². The summed E-state index contributed by atoms with van der Waals surface area (Å²) in [7, 11) is 0. The summed E-state index contributed by atoms with van der Waals surface area (Å²) in [6.45, 7) is 0. The van der Waals surface area contributed by atoms with E-state index < -0.39 is 0 Å². The smallest absolute Gasteiger partial charge is 0.235 e. The van der Waals surface area contributed by atoms with Gasteiger partial charge in [-0.1, -0.05) is 115 Å². The van der Waals surface area contributed by atoms with E-state index in [1.165, 1.54) is 37.9 Å². The molecule has 0 atom stereocenters. The SMILES string of the molecule is C1=Cc2nc(-n3c4ccc(-c5cc6oc7ccccc7c6c6ccccc56)cc4c4c5ccccc5ccc43)nc(-c3ccccc3)c2CC1. The summed E-state index contributed by atoms with van der Waals surface area (Å²) in [5, 5.41) is 9.50. The summed E-state index contributed by atoms with van der Waals surface area (Å²) in [5.41, 5.74) is 10.6. The van der Waals surface area contributed by atoms with E-state index in [9.17, 15) is 0 Å². The maximum Gasteiger partial charge on any atom is 0.235 e. The first kappa shape index (κ1) is 27.4. The van der Waals surface area contributed by atoms with Crippen LogP contribution in [0.2, 0.25) is 0 Å². The van der Waals surface area contributed by atoms with E-state index >= 15 is 0 Å². The fourth-order valence-corrected chi connectivity index (χ4v) is 8.23. The van der Waals surface area contributed by atoms with Gasteiger partial charge in [0.15, 0.2) is 0 Å². The van der Waals surface area contributed by atoms with E-state index in [1.54, 1.807) is 0 Å². The maximum absolute atomic E-state index is 6.47. The molecule has 50 heavy (non-hydrogen) atoms. The third-order valence-corrected chi connectivity index (χ3v) is 10.5. The van der Waals surface area contributed by atoms with Crippen LogP contribution in [0.5, 0.6) is 0 Å². The molecule has 3 heterocycles. The van der Waals surface area contributed by atoms with Gasteiger partial charge in [-0.2, -0.15) is 0 Å². The van der Waals surface area contributed by atoms with Crippen LogP contribution in [-0.2, 0) is 6.42 Å². The van der Waals surface area contributed by atoms with Crippen molar-refractivity contribution >= 4 is 71.4 Å². The second kappa shape index (κ2) is 10.5. The number of furan rings is 1. The van der Waals surface area contributed by atoms with Gasteiger partial charge in [-0.05, 0) is 81.9 Å². The minimum Gasteiger partial charge on any atom is -0.456 e. The van der Waals surface area contributed by atoms with Crippen LogP contribution >= 0.6 is 0 Å². The van der Waals surface area contributed by atoms with Crippen molar-refractivity contribution in [3.8, 4) is 28.3 Å². The molecule has 10 aromatic rings. The van der Waals surface area contributed by atoms with E-state index in [4.69, 9.17) is 14.4 Å². The Hall–Kier alpha value is -6.52. The van der Waals surface area contributed by atoms with Gasteiger partial charge < -0.3 is 4.42 Å². The van der Waals surface area contributed by atoms with Crippen molar-refractivity contribution in [3.63, 3.8) is 0 Å². The number of hydrogen-bond acceptors (Lipinski definition) is 3. The fraction of sp³-hybridized carbons (Fsp3) is 0.0435. The van der Waals surface area contributed by atoms with Gasteiger partial charge >= 0.3 is 0 Å². The summed E-state index contributed by atoms with van der Waals surface area (Å²) >= 11 is 0. The molecule has 4 heteroatoms. The molecule has 11 rings (SSSR count). The molecule has 0 unspecified atom stereocenters. The summed E-state index contributed by atoms with van der Waals surface area (Å²) in [6, 6.07) is 49.7. The maximum atomic E-state index is 6.47. The normalized spacial score (nSPS) is 13.0. The Morgan fingerprint density at radius 2 is 1.30 bits per heavy atom. The number of rotatable bonds is 3. The van der Waals surface area contributed by atoms with Gasteiger partial charge in [0.05, 0.1) is 22.4 Å². The molecular weight excluding hydrogens is 611 g/mol. The second-order valence-electron chi connectivity index (χ2n) is 13.2. The van der Waals surface area contributed by atoms with Crippen LogP contribution < -0.4 is 0 Å². The minimum absolute atomic E-state index is 0.686. The number of nitrogens with zero attached hydrogens (tertiary/aromatic N) is 3. The number of hydrogen-bond donors (Lipinski definition) is 0. The molecule has 4 nitrogen and oxygen atoms in total. The third kappa shape index (κ3) is 3.93. The van der Waals surface area contributed by atoms with Crippen LogP contribution in [0.1, 0.15) is 17.7 Å². The highest BCUT2D eigenvalue weighted by atomic mass is 16.3. The largest absolute Gasteiger partial charge is 0.456 e. The van der Waals surface area contributed by atoms with E-state index in [0.29, 0.717) is 5.95 Å². The standard InChI is InChI=1S/C46H29N3O/c1-2-13-29(14-3-1)45-34-18-8-10-20-38(34)47-46(48-45)49-39-24-23-30(26-37(39)43-31-15-5-4-12-28(31)22-25-40(43)49)36-27-42-44(33-17-7-6-16-32(33)36)35-19-9-11-21-41(35)50-42/h1-7,9-17,19-27H,8,18H2. The van der Waals surface area contributed by atoms with E-state index in [2.05, 4.69) is 150 Å². The zero-order valence-corrected chi connectivity index (χ0v) is 27.1. The van der Waals surface area contributed by atoms with Crippen molar-refractivity contribution in [3.05, 3.63) is 157 Å². The lowest BCUT2D eigenvalue weighted by atomic mass is 9.94. The van der Waals surface area contributed by atoms with Crippen molar-refractivity contribution in [2.45, 2.75) is 12.8 Å². The van der Waals surface area contributed by atoms with Crippen LogP contribution in [0.15, 0.2) is 150 Å².